The van der Waals surface area contributed by atoms with E-state index in [9.17, 15) is 0 Å². The zero-order valence-electron chi connectivity index (χ0n) is 24.9. The predicted molar refractivity (Wildman–Crippen MR) is 179 cm³/mol. The standard InChI is InChI=1S/C36H50N2S/c1-5-9-27-37(28-10-6-2)33-19-13-31(14-20-33)17-23-35-25-26-36(39-35)24-18-32-15-21-34(22-16-32)38(29-11-7-3)30-12-8-4/h13-26H,5-12,27-30H2,1-4H3/b23-17+,24-18+. The quantitative estimate of drug-likeness (QED) is 0.158. The van der Waals surface area contributed by atoms with Crippen molar-refractivity contribution in [1.82, 2.24) is 0 Å². The van der Waals surface area contributed by atoms with Crippen LogP contribution in [-0.4, -0.2) is 26.2 Å². The summed E-state index contributed by atoms with van der Waals surface area (Å²) >= 11 is 1.83. The maximum Gasteiger partial charge on any atom is 0.0366 e. The molecule has 0 radical (unpaired) electrons. The third kappa shape index (κ3) is 10.7. The molecule has 0 N–H and O–H groups in total. The monoisotopic (exact) mass is 542 g/mol. The summed E-state index contributed by atoms with van der Waals surface area (Å²) in [5.74, 6) is 0. The normalized spacial score (nSPS) is 11.6. The highest BCUT2D eigenvalue weighted by molar-refractivity contribution is 7.13. The Bertz CT molecular complexity index is 1000. The molecule has 3 heteroatoms. The molecule has 0 aliphatic heterocycles. The Morgan fingerprint density at radius 1 is 0.462 bits per heavy atom. The summed E-state index contributed by atoms with van der Waals surface area (Å²) in [7, 11) is 0. The minimum absolute atomic E-state index is 1.15. The molecule has 0 saturated heterocycles. The van der Waals surface area contributed by atoms with Crippen molar-refractivity contribution in [2.24, 2.45) is 0 Å². The number of hydrogen-bond acceptors (Lipinski definition) is 3. The van der Waals surface area contributed by atoms with Crippen LogP contribution >= 0.6 is 11.3 Å². The number of unbranched alkanes of at least 4 members (excludes halogenated alkanes) is 4. The van der Waals surface area contributed by atoms with Crippen LogP contribution in [0.3, 0.4) is 0 Å². The van der Waals surface area contributed by atoms with Gasteiger partial charge in [0.2, 0.25) is 0 Å². The van der Waals surface area contributed by atoms with Gasteiger partial charge in [0.1, 0.15) is 0 Å². The zero-order chi connectivity index (χ0) is 27.7. The van der Waals surface area contributed by atoms with Crippen LogP contribution in [0.4, 0.5) is 11.4 Å². The largest absolute Gasteiger partial charge is 0.372 e. The Balaban J connectivity index is 1.57. The Morgan fingerprint density at radius 3 is 1.10 bits per heavy atom. The summed E-state index contributed by atoms with van der Waals surface area (Å²) in [4.78, 5) is 7.65. The molecule has 3 rings (SSSR count). The molecule has 0 aliphatic rings. The molecular weight excluding hydrogens is 492 g/mol. The summed E-state index contributed by atoms with van der Waals surface area (Å²) in [6, 6.07) is 22.6. The molecule has 0 atom stereocenters. The van der Waals surface area contributed by atoms with Gasteiger partial charge in [0.15, 0.2) is 0 Å². The molecule has 39 heavy (non-hydrogen) atoms. The van der Waals surface area contributed by atoms with E-state index in [1.165, 1.54) is 83.6 Å². The molecule has 1 heterocycles. The Morgan fingerprint density at radius 2 is 0.795 bits per heavy atom. The molecule has 0 saturated carbocycles. The van der Waals surface area contributed by atoms with Crippen molar-refractivity contribution >= 4 is 47.0 Å². The van der Waals surface area contributed by atoms with E-state index in [-0.39, 0.29) is 0 Å². The molecule has 0 unspecified atom stereocenters. The van der Waals surface area contributed by atoms with Gasteiger partial charge in [-0.2, -0.15) is 0 Å². The zero-order valence-corrected chi connectivity index (χ0v) is 25.7. The van der Waals surface area contributed by atoms with Gasteiger partial charge in [0.05, 0.1) is 0 Å². The lowest BCUT2D eigenvalue weighted by molar-refractivity contribution is 0.678. The maximum absolute atomic E-state index is 2.54. The second kappa shape index (κ2) is 17.7. The SMILES string of the molecule is CCCCN(CCCC)c1ccc(/C=C/c2ccc(/C=C/c3ccc(N(CCCC)CCCC)cc3)s2)cc1. The van der Waals surface area contributed by atoms with E-state index in [4.69, 9.17) is 0 Å². The number of anilines is 2. The highest BCUT2D eigenvalue weighted by Gasteiger charge is 2.06. The van der Waals surface area contributed by atoms with Crippen molar-refractivity contribution in [3.63, 3.8) is 0 Å². The van der Waals surface area contributed by atoms with Gasteiger partial charge in [-0.3, -0.25) is 0 Å². The van der Waals surface area contributed by atoms with Crippen LogP contribution in [0.5, 0.6) is 0 Å². The number of benzene rings is 2. The van der Waals surface area contributed by atoms with Crippen molar-refractivity contribution in [2.45, 2.75) is 79.1 Å². The number of nitrogens with zero attached hydrogens (tertiary/aromatic N) is 2. The molecule has 0 amide bonds. The van der Waals surface area contributed by atoms with Gasteiger partial charge in [0, 0.05) is 47.3 Å². The van der Waals surface area contributed by atoms with E-state index < -0.39 is 0 Å². The van der Waals surface area contributed by atoms with Gasteiger partial charge in [-0.1, -0.05) is 89.8 Å². The number of thiophene rings is 1. The van der Waals surface area contributed by atoms with Gasteiger partial charge < -0.3 is 9.80 Å². The molecule has 0 spiro atoms. The minimum Gasteiger partial charge on any atom is -0.372 e. The molecule has 210 valence electrons. The van der Waals surface area contributed by atoms with E-state index in [1.807, 2.05) is 11.3 Å². The second-order valence-electron chi connectivity index (χ2n) is 10.5. The first-order chi connectivity index (χ1) is 19.2. The van der Waals surface area contributed by atoms with Gasteiger partial charge in [-0.05, 0) is 85.4 Å². The van der Waals surface area contributed by atoms with Crippen LogP contribution in [0.15, 0.2) is 60.7 Å². The summed E-state index contributed by atoms with van der Waals surface area (Å²) in [5, 5.41) is 0. The van der Waals surface area contributed by atoms with Gasteiger partial charge >= 0.3 is 0 Å². The smallest absolute Gasteiger partial charge is 0.0366 e. The molecule has 0 bridgehead atoms. The number of hydrogen-bond donors (Lipinski definition) is 0. The lowest BCUT2D eigenvalue weighted by atomic mass is 10.1. The fraction of sp³-hybridized carbons (Fsp3) is 0.444. The average Bonchev–Trinajstić information content (AvgIpc) is 3.44. The molecule has 3 aromatic rings. The molecular formula is C36H50N2S. The van der Waals surface area contributed by atoms with E-state index >= 15 is 0 Å². The molecule has 0 fully saturated rings. The predicted octanol–water partition coefficient (Wildman–Crippen LogP) is 10.9. The second-order valence-corrected chi connectivity index (χ2v) is 11.6. The highest BCUT2D eigenvalue weighted by atomic mass is 32.1. The third-order valence-corrected chi connectivity index (χ3v) is 8.19. The third-order valence-electron chi connectivity index (χ3n) is 7.17. The van der Waals surface area contributed by atoms with Crippen LogP contribution in [0, 0.1) is 0 Å². The van der Waals surface area contributed by atoms with Crippen molar-refractivity contribution in [3.05, 3.63) is 81.5 Å². The van der Waals surface area contributed by atoms with E-state index in [2.05, 4.69) is 122 Å². The average molecular weight is 543 g/mol. The molecule has 0 aliphatic carbocycles. The lowest BCUT2D eigenvalue weighted by Crippen LogP contribution is -2.25. The van der Waals surface area contributed by atoms with Crippen molar-refractivity contribution in [1.29, 1.82) is 0 Å². The van der Waals surface area contributed by atoms with Gasteiger partial charge in [-0.15, -0.1) is 11.3 Å². The maximum atomic E-state index is 2.54. The van der Waals surface area contributed by atoms with E-state index in [1.54, 1.807) is 0 Å². The topological polar surface area (TPSA) is 6.48 Å². The van der Waals surface area contributed by atoms with E-state index in [0.29, 0.717) is 0 Å². The molecule has 2 nitrogen and oxygen atoms in total. The van der Waals surface area contributed by atoms with Gasteiger partial charge in [-0.25, -0.2) is 0 Å². The number of rotatable bonds is 18. The summed E-state index contributed by atoms with van der Waals surface area (Å²) in [6.45, 7) is 13.7. The fourth-order valence-corrected chi connectivity index (χ4v) is 5.45. The van der Waals surface area contributed by atoms with Crippen molar-refractivity contribution in [3.8, 4) is 0 Å². The lowest BCUT2D eigenvalue weighted by Gasteiger charge is -2.24. The van der Waals surface area contributed by atoms with Crippen LogP contribution in [-0.2, 0) is 0 Å². The Hall–Kier alpha value is -2.78. The van der Waals surface area contributed by atoms with Crippen molar-refractivity contribution < 1.29 is 0 Å². The van der Waals surface area contributed by atoms with Crippen LogP contribution in [0.25, 0.3) is 24.3 Å². The highest BCUT2D eigenvalue weighted by Crippen LogP contribution is 2.24. The Kier molecular flexibility index (Phi) is 14.0. The summed E-state index contributed by atoms with van der Waals surface area (Å²) in [5.41, 5.74) is 5.20. The van der Waals surface area contributed by atoms with Crippen LogP contribution < -0.4 is 9.80 Å². The summed E-state index contributed by atoms with van der Waals surface area (Å²) in [6.07, 6.45) is 18.9. The first-order valence-electron chi connectivity index (χ1n) is 15.3. The first-order valence-corrected chi connectivity index (χ1v) is 16.1. The Labute approximate surface area is 243 Å². The first kappa shape index (κ1) is 30.8. The molecule has 1 aromatic heterocycles. The van der Waals surface area contributed by atoms with Crippen molar-refractivity contribution in [2.75, 3.05) is 36.0 Å². The summed E-state index contributed by atoms with van der Waals surface area (Å²) < 4.78 is 0. The van der Waals surface area contributed by atoms with Crippen LogP contribution in [0.1, 0.15) is 99.9 Å². The molecule has 2 aromatic carbocycles. The van der Waals surface area contributed by atoms with Gasteiger partial charge in [0.25, 0.3) is 0 Å². The fourth-order valence-electron chi connectivity index (χ4n) is 4.63. The van der Waals surface area contributed by atoms with Crippen LogP contribution in [0.2, 0.25) is 0 Å². The minimum atomic E-state index is 1.15. The van der Waals surface area contributed by atoms with E-state index in [0.717, 1.165) is 26.2 Å².